The van der Waals surface area contributed by atoms with Gasteiger partial charge in [-0.2, -0.15) is 4.98 Å². The van der Waals surface area contributed by atoms with Gasteiger partial charge < -0.3 is 28.7 Å². The zero-order chi connectivity index (χ0) is 29.7. The summed E-state index contributed by atoms with van der Waals surface area (Å²) in [6, 6.07) is 5.85. The molecule has 0 spiro atoms. The highest BCUT2D eigenvalue weighted by molar-refractivity contribution is 6.32. The van der Waals surface area contributed by atoms with Crippen molar-refractivity contribution >= 4 is 41.0 Å². The molecule has 5 heterocycles. The first-order chi connectivity index (χ1) is 19.3. The minimum Gasteiger partial charge on any atom is -0.444 e. The predicted molar refractivity (Wildman–Crippen MR) is 158 cm³/mol. The molecule has 3 aromatic heterocycles. The molecule has 2 aliphatic rings. The number of hydrogen-bond donors (Lipinski definition) is 0. The zero-order valence-electron chi connectivity index (χ0n) is 24.8. The number of rotatable bonds is 5. The van der Waals surface area contributed by atoms with E-state index in [1.54, 1.807) is 11.1 Å². The number of anilines is 2. The largest absolute Gasteiger partial charge is 0.444 e. The molecule has 0 bridgehead atoms. The highest BCUT2D eigenvalue weighted by atomic mass is 35.5. The van der Waals surface area contributed by atoms with Crippen molar-refractivity contribution in [1.29, 1.82) is 0 Å². The molecule has 0 radical (unpaired) electrons. The van der Waals surface area contributed by atoms with Gasteiger partial charge in [-0.1, -0.05) is 17.7 Å². The molecule has 1 atom stereocenters. The second-order valence-corrected chi connectivity index (χ2v) is 12.8. The van der Waals surface area contributed by atoms with E-state index < -0.39 is 11.1 Å². The summed E-state index contributed by atoms with van der Waals surface area (Å²) in [5.41, 5.74) is 0.696. The van der Waals surface area contributed by atoms with Crippen LogP contribution in [0.25, 0.3) is 5.65 Å². The number of carbonyl (C=O) groups is 2. The zero-order valence-corrected chi connectivity index (χ0v) is 25.6. The van der Waals surface area contributed by atoms with E-state index in [0.717, 1.165) is 11.3 Å². The predicted octanol–water partition coefficient (Wildman–Crippen LogP) is 4.05. The molecule has 0 saturated carbocycles. The normalized spacial score (nSPS) is 18.4. The summed E-state index contributed by atoms with van der Waals surface area (Å²) in [5.74, 6) is 1.06. The van der Waals surface area contributed by atoms with E-state index in [2.05, 4.69) is 14.9 Å². The van der Waals surface area contributed by atoms with Crippen LogP contribution in [0.5, 0.6) is 0 Å². The molecular formula is C29H39ClN8O3. The van der Waals surface area contributed by atoms with Gasteiger partial charge in [0, 0.05) is 52.0 Å². The third kappa shape index (κ3) is 5.64. The van der Waals surface area contributed by atoms with Crippen molar-refractivity contribution in [2.75, 3.05) is 49.6 Å². The first-order valence-electron chi connectivity index (χ1n) is 14.0. The van der Waals surface area contributed by atoms with Crippen molar-refractivity contribution in [3.05, 3.63) is 47.5 Å². The number of piperazine rings is 1. The monoisotopic (exact) mass is 582 g/mol. The summed E-state index contributed by atoms with van der Waals surface area (Å²) in [6.45, 7) is 14.3. The van der Waals surface area contributed by atoms with Gasteiger partial charge in [0.05, 0.1) is 29.5 Å². The van der Waals surface area contributed by atoms with E-state index in [-0.39, 0.29) is 24.0 Å². The van der Waals surface area contributed by atoms with Crippen LogP contribution in [-0.2, 0) is 15.1 Å². The lowest BCUT2D eigenvalue weighted by molar-refractivity contribution is -0.140. The molecule has 0 unspecified atom stereocenters. The summed E-state index contributed by atoms with van der Waals surface area (Å²) >= 11 is 6.53. The molecular weight excluding hydrogens is 544 g/mol. The van der Waals surface area contributed by atoms with Crippen LogP contribution in [-0.4, -0.2) is 92.6 Å². The number of imidazole rings is 1. The first-order valence-corrected chi connectivity index (χ1v) is 14.4. The summed E-state index contributed by atoms with van der Waals surface area (Å²) < 4.78 is 7.56. The molecule has 41 heavy (non-hydrogen) atoms. The second kappa shape index (κ2) is 10.7. The van der Waals surface area contributed by atoms with Gasteiger partial charge in [-0.05, 0) is 53.7 Å². The SMILES string of the molecule is C[C@@H]1CN(C(=O)OC(C)(C)C)CCN1c1ncc(Cl)c(N2CC(C(=O)N(C)C(C)(C)c3cnc4ccccn34)C2)n1. The summed E-state index contributed by atoms with van der Waals surface area (Å²) in [5, 5.41) is 0.444. The van der Waals surface area contributed by atoms with Crippen LogP contribution in [0.3, 0.4) is 0 Å². The Balaban J connectivity index is 1.23. The average Bonchev–Trinajstić information content (AvgIpc) is 3.32. The number of pyridine rings is 1. The minimum atomic E-state index is -0.560. The van der Waals surface area contributed by atoms with Crippen molar-refractivity contribution < 1.29 is 14.3 Å². The molecule has 2 fully saturated rings. The van der Waals surface area contributed by atoms with Crippen molar-refractivity contribution in [2.45, 2.75) is 58.7 Å². The van der Waals surface area contributed by atoms with Gasteiger partial charge >= 0.3 is 6.09 Å². The molecule has 0 N–H and O–H groups in total. The minimum absolute atomic E-state index is 0.00785. The number of aromatic nitrogens is 4. The van der Waals surface area contributed by atoms with Gasteiger partial charge in [-0.25, -0.2) is 14.8 Å². The highest BCUT2D eigenvalue weighted by Crippen LogP contribution is 2.34. The van der Waals surface area contributed by atoms with Crippen molar-refractivity contribution in [1.82, 2.24) is 29.2 Å². The highest BCUT2D eigenvalue weighted by Gasteiger charge is 2.41. The van der Waals surface area contributed by atoms with Crippen LogP contribution in [0.1, 0.15) is 47.2 Å². The van der Waals surface area contributed by atoms with Crippen LogP contribution in [0, 0.1) is 5.92 Å². The number of ether oxygens (including phenoxy) is 1. The lowest BCUT2D eigenvalue weighted by Gasteiger charge is -2.45. The molecule has 2 aliphatic heterocycles. The Morgan fingerprint density at radius 1 is 1.05 bits per heavy atom. The maximum atomic E-state index is 13.5. The number of halogens is 1. The van der Waals surface area contributed by atoms with Crippen LogP contribution < -0.4 is 9.80 Å². The van der Waals surface area contributed by atoms with Crippen LogP contribution in [0.15, 0.2) is 36.8 Å². The fourth-order valence-corrected chi connectivity index (χ4v) is 5.58. The lowest BCUT2D eigenvalue weighted by atomic mass is 9.93. The van der Waals surface area contributed by atoms with Crippen molar-refractivity contribution in [3.8, 4) is 0 Å². The number of nitrogens with zero attached hydrogens (tertiary/aromatic N) is 8. The van der Waals surface area contributed by atoms with Crippen LogP contribution >= 0.6 is 11.6 Å². The smallest absolute Gasteiger partial charge is 0.410 e. The van der Waals surface area contributed by atoms with Gasteiger partial charge in [0.25, 0.3) is 0 Å². The van der Waals surface area contributed by atoms with E-state index >= 15 is 0 Å². The molecule has 220 valence electrons. The standard InChI is InChI=1S/C29H39ClN8O3/c1-19-16-35(27(40)41-28(2,3)4)12-13-37(19)26-32-14-21(30)24(33-26)36-17-20(18-36)25(39)34(7)29(5,6)22-15-31-23-10-8-9-11-38(22)23/h8-11,14-15,19-20H,12-13,16-18H2,1-7H3/t19-/m1/s1. The van der Waals surface area contributed by atoms with Gasteiger partial charge in [0.2, 0.25) is 11.9 Å². The Labute approximate surface area is 246 Å². The maximum absolute atomic E-state index is 13.5. The number of fused-ring (bicyclic) bond motifs is 1. The Morgan fingerprint density at radius 3 is 2.46 bits per heavy atom. The van der Waals surface area contributed by atoms with E-state index in [1.165, 1.54) is 0 Å². The van der Waals surface area contributed by atoms with E-state index in [4.69, 9.17) is 21.3 Å². The molecule has 0 aromatic carbocycles. The molecule has 3 aromatic rings. The van der Waals surface area contributed by atoms with Crippen molar-refractivity contribution in [3.63, 3.8) is 0 Å². The molecule has 12 heteroatoms. The maximum Gasteiger partial charge on any atom is 0.410 e. The molecule has 2 saturated heterocycles. The van der Waals surface area contributed by atoms with Crippen molar-refractivity contribution in [2.24, 2.45) is 5.92 Å². The summed E-state index contributed by atoms with van der Waals surface area (Å²) in [4.78, 5) is 47.5. The summed E-state index contributed by atoms with van der Waals surface area (Å²) in [7, 11) is 1.85. The third-order valence-electron chi connectivity index (χ3n) is 7.99. The van der Waals surface area contributed by atoms with Crippen LogP contribution in [0.2, 0.25) is 5.02 Å². The molecule has 11 nitrogen and oxygen atoms in total. The lowest BCUT2D eigenvalue weighted by Crippen LogP contribution is -2.57. The average molecular weight is 583 g/mol. The van der Waals surface area contributed by atoms with E-state index in [1.807, 2.05) is 93.4 Å². The van der Waals surface area contributed by atoms with E-state index in [0.29, 0.717) is 49.5 Å². The number of amides is 2. The topological polar surface area (TPSA) is 99.4 Å². The Bertz CT molecular complexity index is 1450. The third-order valence-corrected chi connectivity index (χ3v) is 8.26. The summed E-state index contributed by atoms with van der Waals surface area (Å²) in [6.07, 6.45) is 5.10. The van der Waals surface area contributed by atoms with E-state index in [9.17, 15) is 9.59 Å². The number of hydrogen-bond acceptors (Lipinski definition) is 8. The Morgan fingerprint density at radius 2 is 1.78 bits per heavy atom. The molecule has 5 rings (SSSR count). The van der Waals surface area contributed by atoms with Crippen LogP contribution in [0.4, 0.5) is 16.6 Å². The Kier molecular flexibility index (Phi) is 7.52. The Hall–Kier alpha value is -3.60. The number of carbonyl (C=O) groups excluding carboxylic acids is 2. The van der Waals surface area contributed by atoms with Gasteiger partial charge in [-0.3, -0.25) is 4.79 Å². The van der Waals surface area contributed by atoms with Gasteiger partial charge in [0.15, 0.2) is 5.82 Å². The fraction of sp³-hybridized carbons (Fsp3) is 0.552. The second-order valence-electron chi connectivity index (χ2n) is 12.4. The van der Waals surface area contributed by atoms with Gasteiger partial charge in [0.1, 0.15) is 16.3 Å². The first kappa shape index (κ1) is 28.9. The fourth-order valence-electron chi connectivity index (χ4n) is 5.37. The molecule has 0 aliphatic carbocycles. The van der Waals surface area contributed by atoms with Gasteiger partial charge in [-0.15, -0.1) is 0 Å². The quantitative estimate of drug-likeness (QED) is 0.444. The molecule has 2 amide bonds.